The molecular formula is C12H16BrCl2F3N2. The molecule has 20 heavy (non-hydrogen) atoms. The lowest BCUT2D eigenvalue weighted by Gasteiger charge is -2.34. The zero-order valence-electron chi connectivity index (χ0n) is 10.5. The zero-order valence-corrected chi connectivity index (χ0v) is 13.7. The lowest BCUT2D eigenvalue weighted by atomic mass is 10.0. The van der Waals surface area contributed by atoms with Crippen molar-refractivity contribution in [3.63, 3.8) is 0 Å². The molecule has 0 bridgehead atoms. The van der Waals surface area contributed by atoms with Gasteiger partial charge in [-0.1, -0.05) is 6.07 Å². The molecule has 1 atom stereocenters. The molecule has 1 aliphatic rings. The van der Waals surface area contributed by atoms with Crippen molar-refractivity contribution in [3.8, 4) is 0 Å². The Balaban J connectivity index is 0.00000180. The van der Waals surface area contributed by atoms with Crippen LogP contribution in [0.25, 0.3) is 0 Å². The average Bonchev–Trinajstić information content (AvgIpc) is 2.35. The molecule has 0 aliphatic carbocycles. The minimum Gasteiger partial charge on any atom is -0.314 e. The van der Waals surface area contributed by atoms with Crippen LogP contribution in [0, 0.1) is 5.82 Å². The van der Waals surface area contributed by atoms with E-state index in [2.05, 4.69) is 21.2 Å². The number of nitrogens with one attached hydrogen (secondary N) is 1. The second-order valence-corrected chi connectivity index (χ2v) is 5.09. The molecule has 0 spiro atoms. The van der Waals surface area contributed by atoms with Crippen LogP contribution in [0.2, 0.25) is 0 Å². The summed E-state index contributed by atoms with van der Waals surface area (Å²) in [7, 11) is 0. The van der Waals surface area contributed by atoms with E-state index in [-0.39, 0.29) is 29.3 Å². The summed E-state index contributed by atoms with van der Waals surface area (Å²) in [5.74, 6) is -0.438. The van der Waals surface area contributed by atoms with Crippen LogP contribution in [0.3, 0.4) is 0 Å². The molecule has 2 rings (SSSR count). The lowest BCUT2D eigenvalue weighted by molar-refractivity contribution is 0.0181. The first-order valence-electron chi connectivity index (χ1n) is 5.77. The third kappa shape index (κ3) is 4.77. The third-order valence-electron chi connectivity index (χ3n) is 3.07. The van der Waals surface area contributed by atoms with Gasteiger partial charge in [0.2, 0.25) is 0 Å². The standard InChI is InChI=1S/C12H14BrF3N2.2ClH/c13-9-7-8(1-2-10(9)14)11(12(15)16)18-5-3-17-4-6-18;;/h1-2,7,11-12,17H,3-6H2;2*1H/t11-;;/m0../s1. The molecule has 1 aromatic rings. The molecule has 1 heterocycles. The zero-order chi connectivity index (χ0) is 13.1. The van der Waals surface area contributed by atoms with Gasteiger partial charge in [0.25, 0.3) is 6.43 Å². The van der Waals surface area contributed by atoms with Crippen molar-refractivity contribution in [2.75, 3.05) is 26.2 Å². The summed E-state index contributed by atoms with van der Waals surface area (Å²) < 4.78 is 39.8. The predicted molar refractivity (Wildman–Crippen MR) is 81.8 cm³/mol. The normalized spacial score (nSPS) is 17.2. The number of piperazine rings is 1. The minimum absolute atomic E-state index is 0. The van der Waals surface area contributed by atoms with E-state index in [0.717, 1.165) is 0 Å². The predicted octanol–water partition coefficient (Wildman–Crippen LogP) is 3.64. The molecule has 116 valence electrons. The quantitative estimate of drug-likeness (QED) is 0.840. The van der Waals surface area contributed by atoms with Gasteiger partial charge in [-0.3, -0.25) is 4.90 Å². The topological polar surface area (TPSA) is 15.3 Å². The number of benzene rings is 1. The van der Waals surface area contributed by atoms with Gasteiger partial charge in [0.1, 0.15) is 5.82 Å². The van der Waals surface area contributed by atoms with Crippen LogP contribution in [-0.2, 0) is 0 Å². The Morgan fingerprint density at radius 1 is 1.15 bits per heavy atom. The molecule has 0 saturated carbocycles. The van der Waals surface area contributed by atoms with E-state index in [1.54, 1.807) is 4.90 Å². The first kappa shape index (κ1) is 20.0. The Kier molecular flexibility index (Phi) is 9.09. The molecule has 1 aliphatic heterocycles. The fourth-order valence-electron chi connectivity index (χ4n) is 2.17. The third-order valence-corrected chi connectivity index (χ3v) is 3.68. The van der Waals surface area contributed by atoms with E-state index in [4.69, 9.17) is 0 Å². The molecule has 0 amide bonds. The van der Waals surface area contributed by atoms with Crippen molar-refractivity contribution in [3.05, 3.63) is 34.1 Å². The molecule has 1 aromatic carbocycles. The SMILES string of the molecule is Cl.Cl.Fc1ccc([C@@H](C(F)F)N2CCNCC2)cc1Br. The molecular weight excluding hydrogens is 380 g/mol. The smallest absolute Gasteiger partial charge is 0.258 e. The molecule has 1 saturated heterocycles. The Morgan fingerprint density at radius 2 is 1.75 bits per heavy atom. The van der Waals surface area contributed by atoms with Crippen LogP contribution in [0.5, 0.6) is 0 Å². The Hall–Kier alpha value is -0.0100. The summed E-state index contributed by atoms with van der Waals surface area (Å²) in [5, 5.41) is 3.12. The number of halogens is 6. The van der Waals surface area contributed by atoms with Gasteiger partial charge in [0, 0.05) is 26.2 Å². The summed E-state index contributed by atoms with van der Waals surface area (Å²) in [6, 6.07) is 3.12. The molecule has 2 nitrogen and oxygen atoms in total. The van der Waals surface area contributed by atoms with Gasteiger partial charge in [0.15, 0.2) is 0 Å². The van der Waals surface area contributed by atoms with Gasteiger partial charge in [-0.25, -0.2) is 13.2 Å². The highest BCUT2D eigenvalue weighted by atomic mass is 79.9. The van der Waals surface area contributed by atoms with Crippen LogP contribution in [-0.4, -0.2) is 37.5 Å². The molecule has 0 aromatic heterocycles. The number of hydrogen-bond acceptors (Lipinski definition) is 2. The van der Waals surface area contributed by atoms with Crippen LogP contribution >= 0.6 is 40.7 Å². The van der Waals surface area contributed by atoms with Gasteiger partial charge in [-0.2, -0.15) is 0 Å². The number of rotatable bonds is 3. The summed E-state index contributed by atoms with van der Waals surface area (Å²) >= 11 is 3.04. The molecule has 0 radical (unpaired) electrons. The van der Waals surface area contributed by atoms with E-state index in [1.165, 1.54) is 18.2 Å². The first-order chi connectivity index (χ1) is 8.59. The minimum atomic E-state index is -2.49. The fraction of sp³-hybridized carbons (Fsp3) is 0.500. The highest BCUT2D eigenvalue weighted by molar-refractivity contribution is 9.10. The Bertz CT molecular complexity index is 418. The highest BCUT2D eigenvalue weighted by Gasteiger charge is 2.30. The van der Waals surface area contributed by atoms with Crippen LogP contribution in [0.15, 0.2) is 22.7 Å². The molecule has 0 unspecified atom stereocenters. The Labute approximate surface area is 137 Å². The number of alkyl halides is 2. The van der Waals surface area contributed by atoms with Crippen molar-refractivity contribution < 1.29 is 13.2 Å². The highest BCUT2D eigenvalue weighted by Crippen LogP contribution is 2.30. The summed E-state index contributed by atoms with van der Waals surface area (Å²) in [6.45, 7) is 2.55. The maximum absolute atomic E-state index is 13.2. The van der Waals surface area contributed by atoms with Crippen LogP contribution in [0.1, 0.15) is 11.6 Å². The second-order valence-electron chi connectivity index (χ2n) is 4.24. The van der Waals surface area contributed by atoms with Crippen LogP contribution < -0.4 is 5.32 Å². The lowest BCUT2D eigenvalue weighted by Crippen LogP contribution is -2.46. The van der Waals surface area contributed by atoms with Crippen molar-refractivity contribution in [2.24, 2.45) is 0 Å². The van der Waals surface area contributed by atoms with E-state index in [0.29, 0.717) is 31.7 Å². The monoisotopic (exact) mass is 394 g/mol. The molecule has 8 heteroatoms. The van der Waals surface area contributed by atoms with Gasteiger partial charge in [0.05, 0.1) is 10.5 Å². The first-order valence-corrected chi connectivity index (χ1v) is 6.57. The molecule has 1 N–H and O–H groups in total. The van der Waals surface area contributed by atoms with E-state index >= 15 is 0 Å². The summed E-state index contributed by atoms with van der Waals surface area (Å²) in [5.41, 5.74) is 0.445. The van der Waals surface area contributed by atoms with Crippen molar-refractivity contribution >= 4 is 40.7 Å². The number of nitrogens with zero attached hydrogens (tertiary/aromatic N) is 1. The van der Waals surface area contributed by atoms with Gasteiger partial charge in [-0.05, 0) is 33.6 Å². The number of hydrogen-bond donors (Lipinski definition) is 1. The fourth-order valence-corrected chi connectivity index (χ4v) is 2.57. The molecule has 1 fully saturated rings. The van der Waals surface area contributed by atoms with E-state index in [9.17, 15) is 13.2 Å². The van der Waals surface area contributed by atoms with Crippen molar-refractivity contribution in [1.29, 1.82) is 0 Å². The van der Waals surface area contributed by atoms with E-state index in [1.807, 2.05) is 0 Å². The Morgan fingerprint density at radius 3 is 2.25 bits per heavy atom. The second kappa shape index (κ2) is 9.10. The maximum atomic E-state index is 13.2. The summed E-state index contributed by atoms with van der Waals surface area (Å²) in [4.78, 5) is 1.74. The van der Waals surface area contributed by atoms with Crippen LogP contribution in [0.4, 0.5) is 13.2 Å². The van der Waals surface area contributed by atoms with Crippen molar-refractivity contribution in [1.82, 2.24) is 10.2 Å². The van der Waals surface area contributed by atoms with Crippen molar-refractivity contribution in [2.45, 2.75) is 12.5 Å². The average molecular weight is 396 g/mol. The largest absolute Gasteiger partial charge is 0.314 e. The van der Waals surface area contributed by atoms with E-state index < -0.39 is 18.3 Å². The van der Waals surface area contributed by atoms with Gasteiger partial charge >= 0.3 is 0 Å². The summed E-state index contributed by atoms with van der Waals surface area (Å²) in [6.07, 6.45) is -2.49. The van der Waals surface area contributed by atoms with Gasteiger partial charge < -0.3 is 5.32 Å². The maximum Gasteiger partial charge on any atom is 0.258 e. The van der Waals surface area contributed by atoms with Gasteiger partial charge in [-0.15, -0.1) is 24.8 Å².